The van der Waals surface area contributed by atoms with E-state index in [1.54, 1.807) is 0 Å². The van der Waals surface area contributed by atoms with E-state index in [9.17, 15) is 0 Å². The molecule has 146 valence electrons. The van der Waals surface area contributed by atoms with Gasteiger partial charge in [0.15, 0.2) is 0 Å². The third-order valence-corrected chi connectivity index (χ3v) is 4.99. The van der Waals surface area contributed by atoms with Gasteiger partial charge in [0.2, 0.25) is 0 Å². The van der Waals surface area contributed by atoms with E-state index in [0.29, 0.717) is 0 Å². The van der Waals surface area contributed by atoms with Crippen molar-refractivity contribution in [3.63, 3.8) is 0 Å². The topological polar surface area (TPSA) is 22.1 Å². The lowest BCUT2D eigenvalue weighted by molar-refractivity contribution is 0.317. The second-order valence-electron chi connectivity index (χ2n) is 7.30. The largest absolute Gasteiger partial charge is 0.494 e. The number of pyridine rings is 1. The molecule has 3 aromatic rings. The van der Waals surface area contributed by atoms with E-state index in [2.05, 4.69) is 67.4 Å². The molecule has 0 aliphatic heterocycles. The number of aryl methyl sites for hydroxylation is 1. The van der Waals surface area contributed by atoms with Crippen molar-refractivity contribution < 1.29 is 4.74 Å². The maximum atomic E-state index is 5.66. The number of nitrogens with zero attached hydrogens (tertiary/aromatic N) is 1. The number of rotatable bonds is 10. The number of unbranched alkanes of at least 4 members (excludes halogenated alkanes) is 3. The number of hydrogen-bond acceptors (Lipinski definition) is 2. The molecular weight excluding hydrogens is 342 g/mol. The van der Waals surface area contributed by atoms with Crippen LogP contribution in [0.4, 0.5) is 0 Å². The predicted molar refractivity (Wildman–Crippen MR) is 119 cm³/mol. The van der Waals surface area contributed by atoms with E-state index in [-0.39, 0.29) is 0 Å². The average molecular weight is 374 g/mol. The summed E-state index contributed by atoms with van der Waals surface area (Å²) in [6, 6.07) is 21.4. The molecule has 0 spiro atoms. The van der Waals surface area contributed by atoms with Gasteiger partial charge in [-0.25, -0.2) is 0 Å². The molecule has 1 aromatic heterocycles. The summed E-state index contributed by atoms with van der Waals surface area (Å²) in [6.45, 7) is 5.13. The van der Waals surface area contributed by atoms with Crippen LogP contribution < -0.4 is 4.74 Å². The van der Waals surface area contributed by atoms with Crippen LogP contribution in [0.3, 0.4) is 0 Å². The van der Waals surface area contributed by atoms with Gasteiger partial charge in [-0.15, -0.1) is 0 Å². The Balaban J connectivity index is 1.62. The molecule has 2 heteroatoms. The minimum Gasteiger partial charge on any atom is -0.494 e. The standard InChI is InChI=1S/C26H31NO/c1-3-5-6-7-8-25-16-13-24(20-27-25)23-11-9-21(10-12-23)22-14-17-26(18-15-22)28-19-4-2/h9-18,20H,3-8,19H2,1-2H3. The van der Waals surface area contributed by atoms with Crippen molar-refractivity contribution in [2.24, 2.45) is 0 Å². The maximum Gasteiger partial charge on any atom is 0.119 e. The molecular formula is C26H31NO. The Morgan fingerprint density at radius 3 is 1.82 bits per heavy atom. The lowest BCUT2D eigenvalue weighted by Gasteiger charge is -2.08. The first-order chi connectivity index (χ1) is 13.8. The molecule has 0 saturated carbocycles. The Morgan fingerprint density at radius 2 is 1.25 bits per heavy atom. The first-order valence-corrected chi connectivity index (χ1v) is 10.6. The molecule has 0 aliphatic carbocycles. The van der Waals surface area contributed by atoms with Crippen molar-refractivity contribution >= 4 is 0 Å². The normalized spacial score (nSPS) is 10.8. The zero-order valence-electron chi connectivity index (χ0n) is 17.2. The van der Waals surface area contributed by atoms with Crippen LogP contribution in [-0.2, 0) is 6.42 Å². The van der Waals surface area contributed by atoms with E-state index in [1.807, 2.05) is 18.3 Å². The van der Waals surface area contributed by atoms with Gasteiger partial charge in [-0.3, -0.25) is 4.98 Å². The Kier molecular flexibility index (Phi) is 7.66. The monoisotopic (exact) mass is 373 g/mol. The van der Waals surface area contributed by atoms with Gasteiger partial charge < -0.3 is 4.74 Å². The fourth-order valence-corrected chi connectivity index (χ4v) is 3.29. The fraction of sp³-hybridized carbons (Fsp3) is 0.346. The average Bonchev–Trinajstić information content (AvgIpc) is 2.76. The van der Waals surface area contributed by atoms with Crippen molar-refractivity contribution in [1.82, 2.24) is 4.98 Å². The molecule has 2 aromatic carbocycles. The molecule has 0 aliphatic rings. The smallest absolute Gasteiger partial charge is 0.119 e. The van der Waals surface area contributed by atoms with E-state index >= 15 is 0 Å². The van der Waals surface area contributed by atoms with E-state index in [4.69, 9.17) is 4.74 Å². The van der Waals surface area contributed by atoms with Crippen molar-refractivity contribution in [1.29, 1.82) is 0 Å². The fourth-order valence-electron chi connectivity index (χ4n) is 3.29. The summed E-state index contributed by atoms with van der Waals surface area (Å²) in [5.74, 6) is 0.933. The van der Waals surface area contributed by atoms with Gasteiger partial charge in [0.25, 0.3) is 0 Å². The highest BCUT2D eigenvalue weighted by atomic mass is 16.5. The summed E-state index contributed by atoms with van der Waals surface area (Å²) < 4.78 is 5.66. The van der Waals surface area contributed by atoms with E-state index in [0.717, 1.165) is 25.2 Å². The van der Waals surface area contributed by atoms with Crippen LogP contribution in [0.25, 0.3) is 22.3 Å². The summed E-state index contributed by atoms with van der Waals surface area (Å²) in [4.78, 5) is 4.65. The zero-order chi connectivity index (χ0) is 19.6. The van der Waals surface area contributed by atoms with Gasteiger partial charge in [0.1, 0.15) is 5.75 Å². The molecule has 1 heterocycles. The third kappa shape index (κ3) is 5.69. The molecule has 2 nitrogen and oxygen atoms in total. The highest BCUT2D eigenvalue weighted by Crippen LogP contribution is 2.26. The number of benzene rings is 2. The highest BCUT2D eigenvalue weighted by Gasteiger charge is 2.03. The van der Waals surface area contributed by atoms with Crippen LogP contribution >= 0.6 is 0 Å². The van der Waals surface area contributed by atoms with Gasteiger partial charge in [-0.2, -0.15) is 0 Å². The van der Waals surface area contributed by atoms with E-state index in [1.165, 1.54) is 53.6 Å². The Labute approximate surface area is 169 Å². The lowest BCUT2D eigenvalue weighted by Crippen LogP contribution is -1.94. The first kappa shape index (κ1) is 20.1. The van der Waals surface area contributed by atoms with Gasteiger partial charge in [0.05, 0.1) is 6.61 Å². The molecule has 0 bridgehead atoms. The third-order valence-electron chi connectivity index (χ3n) is 4.99. The van der Waals surface area contributed by atoms with Crippen LogP contribution in [0.5, 0.6) is 5.75 Å². The van der Waals surface area contributed by atoms with Crippen LogP contribution in [0.2, 0.25) is 0 Å². The number of aromatic nitrogens is 1. The van der Waals surface area contributed by atoms with E-state index < -0.39 is 0 Å². The van der Waals surface area contributed by atoms with Crippen molar-refractivity contribution in [3.8, 4) is 28.0 Å². The predicted octanol–water partition coefficient (Wildman–Crippen LogP) is 7.33. The Bertz CT molecular complexity index is 820. The summed E-state index contributed by atoms with van der Waals surface area (Å²) in [7, 11) is 0. The summed E-state index contributed by atoms with van der Waals surface area (Å²) >= 11 is 0. The molecule has 0 fully saturated rings. The molecule has 0 radical (unpaired) electrons. The highest BCUT2D eigenvalue weighted by molar-refractivity contribution is 5.70. The van der Waals surface area contributed by atoms with Crippen LogP contribution in [0.1, 0.15) is 51.6 Å². The SMILES string of the molecule is CCCCCCc1ccc(-c2ccc(-c3ccc(OCCC)cc3)cc2)cn1. The first-order valence-electron chi connectivity index (χ1n) is 10.6. The minimum absolute atomic E-state index is 0.764. The molecule has 28 heavy (non-hydrogen) atoms. The van der Waals surface area contributed by atoms with Crippen LogP contribution in [0, 0.1) is 0 Å². The number of hydrogen-bond donors (Lipinski definition) is 0. The van der Waals surface area contributed by atoms with Gasteiger partial charge in [-0.05, 0) is 54.2 Å². The molecule has 0 N–H and O–H groups in total. The van der Waals surface area contributed by atoms with Crippen LogP contribution in [0.15, 0.2) is 66.9 Å². The second-order valence-corrected chi connectivity index (χ2v) is 7.30. The van der Waals surface area contributed by atoms with Gasteiger partial charge in [-0.1, -0.05) is 75.6 Å². The summed E-state index contributed by atoms with van der Waals surface area (Å²) in [5.41, 5.74) is 5.99. The number of ether oxygens (including phenoxy) is 1. The van der Waals surface area contributed by atoms with Crippen molar-refractivity contribution in [2.45, 2.75) is 52.4 Å². The lowest BCUT2D eigenvalue weighted by atomic mass is 10.0. The Hall–Kier alpha value is -2.61. The molecule has 3 rings (SSSR count). The molecule has 0 unspecified atom stereocenters. The van der Waals surface area contributed by atoms with Crippen molar-refractivity contribution in [2.75, 3.05) is 6.61 Å². The maximum absolute atomic E-state index is 5.66. The summed E-state index contributed by atoms with van der Waals surface area (Å²) in [6.07, 6.45) is 9.24. The molecule has 0 saturated heterocycles. The quantitative estimate of drug-likeness (QED) is 0.347. The summed E-state index contributed by atoms with van der Waals surface area (Å²) in [5, 5.41) is 0. The zero-order valence-corrected chi connectivity index (χ0v) is 17.2. The Morgan fingerprint density at radius 1 is 0.643 bits per heavy atom. The minimum atomic E-state index is 0.764. The molecule has 0 amide bonds. The second kappa shape index (κ2) is 10.7. The molecule has 0 atom stereocenters. The van der Waals surface area contributed by atoms with Crippen LogP contribution in [-0.4, -0.2) is 11.6 Å². The van der Waals surface area contributed by atoms with Gasteiger partial charge in [0, 0.05) is 17.5 Å². The van der Waals surface area contributed by atoms with Crippen molar-refractivity contribution in [3.05, 3.63) is 72.6 Å². The van der Waals surface area contributed by atoms with Gasteiger partial charge >= 0.3 is 0 Å².